The predicted molar refractivity (Wildman–Crippen MR) is 66.0 cm³/mol. The van der Waals surface area contributed by atoms with Gasteiger partial charge in [0.15, 0.2) is 0 Å². The number of methoxy groups -OCH3 is 1. The molecule has 0 saturated carbocycles. The van der Waals surface area contributed by atoms with Gasteiger partial charge in [-0.2, -0.15) is 0 Å². The Bertz CT molecular complexity index is 464. The number of hydrogen-bond donors (Lipinski definition) is 1. The fraction of sp³-hybridized carbons (Fsp3) is 0.231. The summed E-state index contributed by atoms with van der Waals surface area (Å²) >= 11 is 0. The highest BCUT2D eigenvalue weighted by molar-refractivity contribution is 6.00. The standard InChI is InChI=1S/C13H15NO3/c1-4-5-12(15)14-11-7-6-10(8-9(11)2)13(16)17-3/h4-8H,1-3H3,(H,14,15). The third-order valence-electron chi connectivity index (χ3n) is 2.22. The van der Waals surface area contributed by atoms with Crippen molar-refractivity contribution < 1.29 is 14.3 Å². The molecule has 4 heteroatoms. The lowest BCUT2D eigenvalue weighted by atomic mass is 10.1. The average molecular weight is 233 g/mol. The van der Waals surface area contributed by atoms with E-state index in [4.69, 9.17) is 0 Å². The second-order valence-corrected chi connectivity index (χ2v) is 3.51. The van der Waals surface area contributed by atoms with Crippen LogP contribution in [0.3, 0.4) is 0 Å². The number of rotatable bonds is 3. The first-order chi connectivity index (χ1) is 8.08. The lowest BCUT2D eigenvalue weighted by molar-refractivity contribution is -0.111. The number of hydrogen-bond acceptors (Lipinski definition) is 3. The summed E-state index contributed by atoms with van der Waals surface area (Å²) < 4.78 is 4.61. The molecular weight excluding hydrogens is 218 g/mol. The highest BCUT2D eigenvalue weighted by Gasteiger charge is 2.08. The van der Waals surface area contributed by atoms with Crippen molar-refractivity contribution in [2.24, 2.45) is 0 Å². The van der Waals surface area contributed by atoms with Gasteiger partial charge in [0.2, 0.25) is 5.91 Å². The fourth-order valence-electron chi connectivity index (χ4n) is 1.37. The van der Waals surface area contributed by atoms with E-state index in [0.717, 1.165) is 5.56 Å². The minimum atomic E-state index is -0.389. The van der Waals surface area contributed by atoms with Gasteiger partial charge in [0.25, 0.3) is 0 Å². The Balaban J connectivity index is 2.90. The number of esters is 1. The molecule has 1 N–H and O–H groups in total. The summed E-state index contributed by atoms with van der Waals surface area (Å²) in [7, 11) is 1.33. The molecule has 0 atom stereocenters. The Kier molecular flexibility index (Phi) is 4.46. The molecule has 1 aromatic carbocycles. The zero-order chi connectivity index (χ0) is 12.8. The number of carbonyl (C=O) groups is 2. The number of benzene rings is 1. The molecule has 0 unspecified atom stereocenters. The summed E-state index contributed by atoms with van der Waals surface area (Å²) in [4.78, 5) is 22.6. The van der Waals surface area contributed by atoms with Gasteiger partial charge in [-0.05, 0) is 43.7 Å². The van der Waals surface area contributed by atoms with Crippen molar-refractivity contribution in [1.82, 2.24) is 0 Å². The number of carbonyl (C=O) groups excluding carboxylic acids is 2. The van der Waals surface area contributed by atoms with Crippen molar-refractivity contribution in [3.63, 3.8) is 0 Å². The van der Waals surface area contributed by atoms with E-state index in [2.05, 4.69) is 10.1 Å². The Labute approximate surface area is 100 Å². The van der Waals surface area contributed by atoms with Crippen LogP contribution in [0.1, 0.15) is 22.8 Å². The highest BCUT2D eigenvalue weighted by atomic mass is 16.5. The predicted octanol–water partition coefficient (Wildman–Crippen LogP) is 2.30. The maximum absolute atomic E-state index is 11.4. The SMILES string of the molecule is CC=CC(=O)Nc1ccc(C(=O)OC)cc1C. The van der Waals surface area contributed by atoms with Crippen LogP contribution in [0, 0.1) is 6.92 Å². The number of nitrogens with one attached hydrogen (secondary N) is 1. The Morgan fingerprint density at radius 1 is 1.35 bits per heavy atom. The second-order valence-electron chi connectivity index (χ2n) is 3.51. The third kappa shape index (κ3) is 3.45. The van der Waals surface area contributed by atoms with E-state index in [1.165, 1.54) is 13.2 Å². The van der Waals surface area contributed by atoms with Crippen LogP contribution in [0.5, 0.6) is 0 Å². The molecule has 0 bridgehead atoms. The Hall–Kier alpha value is -2.10. The lowest BCUT2D eigenvalue weighted by Crippen LogP contribution is -2.10. The van der Waals surface area contributed by atoms with Crippen LogP contribution in [0.25, 0.3) is 0 Å². The van der Waals surface area contributed by atoms with Gasteiger partial charge in [0, 0.05) is 5.69 Å². The van der Waals surface area contributed by atoms with Crippen molar-refractivity contribution in [3.05, 3.63) is 41.5 Å². The quantitative estimate of drug-likeness (QED) is 0.643. The molecule has 0 aliphatic heterocycles. The van der Waals surface area contributed by atoms with Gasteiger partial charge in [0.05, 0.1) is 12.7 Å². The minimum absolute atomic E-state index is 0.193. The maximum atomic E-state index is 11.4. The number of ether oxygens (including phenoxy) is 1. The summed E-state index contributed by atoms with van der Waals surface area (Å²) in [5.74, 6) is -0.583. The van der Waals surface area contributed by atoms with Crippen molar-refractivity contribution in [1.29, 1.82) is 0 Å². The summed E-state index contributed by atoms with van der Waals surface area (Å²) in [6.07, 6.45) is 3.10. The van der Waals surface area contributed by atoms with E-state index in [-0.39, 0.29) is 11.9 Å². The Morgan fingerprint density at radius 3 is 2.59 bits per heavy atom. The average Bonchev–Trinajstić information content (AvgIpc) is 2.31. The molecule has 0 aromatic heterocycles. The van der Waals surface area contributed by atoms with Gasteiger partial charge in [-0.15, -0.1) is 0 Å². The molecule has 0 aliphatic carbocycles. The minimum Gasteiger partial charge on any atom is -0.465 e. The molecule has 0 heterocycles. The molecule has 4 nitrogen and oxygen atoms in total. The lowest BCUT2D eigenvalue weighted by Gasteiger charge is -2.07. The normalized spacial score (nSPS) is 10.3. The van der Waals surface area contributed by atoms with Crippen molar-refractivity contribution >= 4 is 17.6 Å². The molecular formula is C13H15NO3. The van der Waals surface area contributed by atoms with Crippen LogP contribution >= 0.6 is 0 Å². The van der Waals surface area contributed by atoms with Crippen molar-refractivity contribution in [2.45, 2.75) is 13.8 Å². The maximum Gasteiger partial charge on any atom is 0.337 e. The van der Waals surface area contributed by atoms with Crippen LogP contribution in [-0.4, -0.2) is 19.0 Å². The zero-order valence-electron chi connectivity index (χ0n) is 10.1. The smallest absolute Gasteiger partial charge is 0.337 e. The van der Waals surface area contributed by atoms with Crippen molar-refractivity contribution in [2.75, 3.05) is 12.4 Å². The monoisotopic (exact) mass is 233 g/mol. The van der Waals surface area contributed by atoms with Gasteiger partial charge < -0.3 is 10.1 Å². The van der Waals surface area contributed by atoms with Crippen LogP contribution in [0.2, 0.25) is 0 Å². The molecule has 0 radical (unpaired) electrons. The van der Waals surface area contributed by atoms with E-state index < -0.39 is 0 Å². The number of aryl methyl sites for hydroxylation is 1. The van der Waals surface area contributed by atoms with E-state index in [1.54, 1.807) is 31.2 Å². The summed E-state index contributed by atoms with van der Waals surface area (Å²) in [5.41, 5.74) is 1.96. The number of allylic oxidation sites excluding steroid dienone is 1. The first-order valence-corrected chi connectivity index (χ1v) is 5.21. The van der Waals surface area contributed by atoms with E-state index in [1.807, 2.05) is 6.92 Å². The van der Waals surface area contributed by atoms with Gasteiger partial charge >= 0.3 is 5.97 Å². The van der Waals surface area contributed by atoms with Crippen LogP contribution in [0.15, 0.2) is 30.4 Å². The van der Waals surface area contributed by atoms with Crippen LogP contribution in [0.4, 0.5) is 5.69 Å². The summed E-state index contributed by atoms with van der Waals surface area (Å²) in [6.45, 7) is 3.59. The largest absolute Gasteiger partial charge is 0.465 e. The van der Waals surface area contributed by atoms with E-state index in [9.17, 15) is 9.59 Å². The second kappa shape index (κ2) is 5.84. The third-order valence-corrected chi connectivity index (χ3v) is 2.22. The molecule has 0 aliphatic rings. The summed E-state index contributed by atoms with van der Waals surface area (Å²) in [6, 6.07) is 4.98. The fourth-order valence-corrected chi connectivity index (χ4v) is 1.37. The first kappa shape index (κ1) is 13.0. The topological polar surface area (TPSA) is 55.4 Å². The molecule has 0 spiro atoms. The van der Waals surface area contributed by atoms with Crippen LogP contribution < -0.4 is 5.32 Å². The molecule has 1 rings (SSSR count). The molecule has 1 aromatic rings. The molecule has 90 valence electrons. The molecule has 1 amide bonds. The van der Waals surface area contributed by atoms with Gasteiger partial charge in [-0.25, -0.2) is 4.79 Å². The van der Waals surface area contributed by atoms with E-state index >= 15 is 0 Å². The first-order valence-electron chi connectivity index (χ1n) is 5.21. The number of amides is 1. The molecule has 0 saturated heterocycles. The summed E-state index contributed by atoms with van der Waals surface area (Å²) in [5, 5.41) is 2.72. The highest BCUT2D eigenvalue weighted by Crippen LogP contribution is 2.17. The van der Waals surface area contributed by atoms with Gasteiger partial charge in [0.1, 0.15) is 0 Å². The Morgan fingerprint density at radius 2 is 2.06 bits per heavy atom. The van der Waals surface area contributed by atoms with Gasteiger partial charge in [-0.1, -0.05) is 6.08 Å². The molecule has 17 heavy (non-hydrogen) atoms. The zero-order valence-corrected chi connectivity index (χ0v) is 10.1. The van der Waals surface area contributed by atoms with Crippen molar-refractivity contribution in [3.8, 4) is 0 Å². The van der Waals surface area contributed by atoms with Gasteiger partial charge in [-0.3, -0.25) is 4.79 Å². The molecule has 0 fully saturated rings. The van der Waals surface area contributed by atoms with E-state index in [0.29, 0.717) is 11.3 Å². The van der Waals surface area contributed by atoms with Crippen LogP contribution in [-0.2, 0) is 9.53 Å². The number of anilines is 1.